The smallest absolute Gasteiger partial charge is 0.251 e. The molecule has 0 radical (unpaired) electrons. The molecule has 0 aliphatic heterocycles. The molecule has 0 aliphatic carbocycles. The quantitative estimate of drug-likeness (QED) is 0.839. The van der Waals surface area contributed by atoms with Gasteiger partial charge in [-0.2, -0.15) is 0 Å². The van der Waals surface area contributed by atoms with Crippen molar-refractivity contribution in [2.75, 3.05) is 13.6 Å². The van der Waals surface area contributed by atoms with Crippen LogP contribution in [0.25, 0.3) is 10.9 Å². The number of aryl methyl sites for hydroxylation is 1. The Morgan fingerprint density at radius 2 is 2.00 bits per heavy atom. The molecule has 130 valence electrons. The van der Waals surface area contributed by atoms with Gasteiger partial charge < -0.3 is 9.88 Å². The molecule has 0 saturated carbocycles. The van der Waals surface area contributed by atoms with Crippen LogP contribution in [0.4, 0.5) is 0 Å². The number of pyridine rings is 1. The van der Waals surface area contributed by atoms with E-state index in [4.69, 9.17) is 0 Å². The first-order valence-corrected chi connectivity index (χ1v) is 8.82. The van der Waals surface area contributed by atoms with Crippen molar-refractivity contribution in [2.45, 2.75) is 52.4 Å². The average Bonchev–Trinajstić information content (AvgIpc) is 2.56. The maximum atomic E-state index is 12.2. The predicted molar refractivity (Wildman–Crippen MR) is 99.5 cm³/mol. The summed E-state index contributed by atoms with van der Waals surface area (Å²) in [6, 6.07) is 8.06. The van der Waals surface area contributed by atoms with Gasteiger partial charge in [-0.05, 0) is 47.9 Å². The molecule has 24 heavy (non-hydrogen) atoms. The van der Waals surface area contributed by atoms with Crippen LogP contribution >= 0.6 is 0 Å². The Morgan fingerprint density at radius 3 is 2.67 bits per heavy atom. The minimum absolute atomic E-state index is 0.0937. The predicted octanol–water partition coefficient (Wildman–Crippen LogP) is 3.84. The molecule has 1 heterocycles. The molecular weight excluding hydrogens is 300 g/mol. The van der Waals surface area contributed by atoms with Crippen molar-refractivity contribution >= 4 is 16.8 Å². The summed E-state index contributed by atoms with van der Waals surface area (Å²) in [5, 5.41) is 1.03. The van der Waals surface area contributed by atoms with E-state index in [0.29, 0.717) is 24.3 Å². The Kier molecular flexibility index (Phi) is 6.18. The van der Waals surface area contributed by atoms with Crippen molar-refractivity contribution < 1.29 is 4.79 Å². The summed E-state index contributed by atoms with van der Waals surface area (Å²) in [6.07, 6.45) is 2.93. The van der Waals surface area contributed by atoms with Crippen molar-refractivity contribution in [3.8, 4) is 0 Å². The Balaban J connectivity index is 2.15. The number of aromatic amines is 1. The second-order valence-electron chi connectivity index (χ2n) is 6.79. The Labute approximate surface area is 143 Å². The number of carbonyl (C=O) groups is 1. The number of aromatic nitrogens is 1. The van der Waals surface area contributed by atoms with Crippen LogP contribution in [0.15, 0.2) is 29.1 Å². The SMILES string of the molecule is CCCCN(C)C(=O)CCc1cc2cc(C(C)C)ccc2[nH]c1=O. The highest BCUT2D eigenvalue weighted by Crippen LogP contribution is 2.20. The largest absolute Gasteiger partial charge is 0.346 e. The fourth-order valence-corrected chi connectivity index (χ4v) is 2.77. The normalized spacial score (nSPS) is 11.2. The number of nitrogens with one attached hydrogen (secondary N) is 1. The summed E-state index contributed by atoms with van der Waals surface area (Å²) < 4.78 is 0. The second-order valence-corrected chi connectivity index (χ2v) is 6.79. The van der Waals surface area contributed by atoms with Gasteiger partial charge in [-0.1, -0.05) is 33.3 Å². The molecule has 0 unspecified atom stereocenters. The summed E-state index contributed by atoms with van der Waals surface area (Å²) in [6.45, 7) is 7.19. The fourth-order valence-electron chi connectivity index (χ4n) is 2.77. The zero-order chi connectivity index (χ0) is 17.7. The number of fused-ring (bicyclic) bond motifs is 1. The van der Waals surface area contributed by atoms with Crippen molar-refractivity contribution in [2.24, 2.45) is 0 Å². The van der Waals surface area contributed by atoms with Gasteiger partial charge in [0.1, 0.15) is 0 Å². The Bertz CT molecular complexity index is 762. The van der Waals surface area contributed by atoms with Crippen LogP contribution in [0.3, 0.4) is 0 Å². The minimum Gasteiger partial charge on any atom is -0.346 e. The van der Waals surface area contributed by atoms with E-state index in [-0.39, 0.29) is 11.5 Å². The van der Waals surface area contributed by atoms with E-state index in [1.54, 1.807) is 4.90 Å². The first-order chi connectivity index (χ1) is 11.4. The van der Waals surface area contributed by atoms with Gasteiger partial charge in [0.05, 0.1) is 0 Å². The first kappa shape index (κ1) is 18.2. The van der Waals surface area contributed by atoms with E-state index in [9.17, 15) is 9.59 Å². The molecule has 4 heteroatoms. The molecule has 0 aliphatic rings. The monoisotopic (exact) mass is 328 g/mol. The highest BCUT2D eigenvalue weighted by atomic mass is 16.2. The summed E-state index contributed by atoms with van der Waals surface area (Å²) in [5.74, 6) is 0.539. The zero-order valence-electron chi connectivity index (χ0n) is 15.2. The van der Waals surface area contributed by atoms with Gasteiger partial charge >= 0.3 is 0 Å². The van der Waals surface area contributed by atoms with Gasteiger partial charge in [-0.25, -0.2) is 0 Å². The lowest BCUT2D eigenvalue weighted by atomic mass is 10.00. The molecule has 2 aromatic rings. The van der Waals surface area contributed by atoms with Crippen LogP contribution in [0, 0.1) is 0 Å². The topological polar surface area (TPSA) is 53.2 Å². The van der Waals surface area contributed by atoms with E-state index in [1.807, 2.05) is 19.2 Å². The van der Waals surface area contributed by atoms with E-state index < -0.39 is 0 Å². The van der Waals surface area contributed by atoms with Gasteiger partial charge in [-0.3, -0.25) is 9.59 Å². The maximum Gasteiger partial charge on any atom is 0.251 e. The highest BCUT2D eigenvalue weighted by molar-refractivity contribution is 5.80. The van der Waals surface area contributed by atoms with E-state index in [0.717, 1.165) is 30.3 Å². The van der Waals surface area contributed by atoms with E-state index >= 15 is 0 Å². The summed E-state index contributed by atoms with van der Waals surface area (Å²) in [5.41, 5.74) is 2.68. The zero-order valence-corrected chi connectivity index (χ0v) is 15.2. The number of carbonyl (C=O) groups excluding carboxylic acids is 1. The Morgan fingerprint density at radius 1 is 1.25 bits per heavy atom. The lowest BCUT2D eigenvalue weighted by Crippen LogP contribution is -2.28. The van der Waals surface area contributed by atoms with E-state index in [2.05, 4.69) is 37.9 Å². The third-order valence-electron chi connectivity index (χ3n) is 4.49. The summed E-state index contributed by atoms with van der Waals surface area (Å²) in [4.78, 5) is 29.1. The molecule has 0 fully saturated rings. The highest BCUT2D eigenvalue weighted by Gasteiger charge is 2.11. The van der Waals surface area contributed by atoms with Crippen LogP contribution < -0.4 is 5.56 Å². The molecule has 1 aromatic heterocycles. The van der Waals surface area contributed by atoms with E-state index in [1.165, 1.54) is 5.56 Å². The van der Waals surface area contributed by atoms with Crippen molar-refractivity contribution in [1.29, 1.82) is 0 Å². The first-order valence-electron chi connectivity index (χ1n) is 8.82. The lowest BCUT2D eigenvalue weighted by molar-refractivity contribution is -0.129. The number of rotatable bonds is 7. The number of hydrogen-bond donors (Lipinski definition) is 1. The number of unbranched alkanes of at least 4 members (excludes halogenated alkanes) is 1. The third-order valence-corrected chi connectivity index (χ3v) is 4.49. The molecule has 4 nitrogen and oxygen atoms in total. The Hall–Kier alpha value is -2.10. The van der Waals surface area contributed by atoms with Crippen LogP contribution in [0.1, 0.15) is 57.1 Å². The molecule has 0 saturated heterocycles. The fraction of sp³-hybridized carbons (Fsp3) is 0.500. The molecule has 2 rings (SSSR count). The van der Waals surface area contributed by atoms with Crippen LogP contribution in [-0.4, -0.2) is 29.4 Å². The minimum atomic E-state index is -0.0937. The second kappa shape index (κ2) is 8.13. The van der Waals surface area contributed by atoms with Crippen molar-refractivity contribution in [1.82, 2.24) is 9.88 Å². The van der Waals surface area contributed by atoms with Crippen molar-refractivity contribution in [3.05, 3.63) is 45.7 Å². The van der Waals surface area contributed by atoms with Gasteiger partial charge in [0, 0.05) is 31.1 Å². The molecule has 0 spiro atoms. The number of nitrogens with zero attached hydrogens (tertiary/aromatic N) is 1. The average molecular weight is 328 g/mol. The van der Waals surface area contributed by atoms with Crippen LogP contribution in [-0.2, 0) is 11.2 Å². The molecule has 1 aromatic carbocycles. The van der Waals surface area contributed by atoms with Crippen LogP contribution in [0.5, 0.6) is 0 Å². The lowest BCUT2D eigenvalue weighted by Gasteiger charge is -2.16. The number of benzene rings is 1. The molecule has 0 bridgehead atoms. The molecule has 1 N–H and O–H groups in total. The number of H-pyrrole nitrogens is 1. The van der Waals surface area contributed by atoms with Gasteiger partial charge in [-0.15, -0.1) is 0 Å². The number of amides is 1. The molecular formula is C20H28N2O2. The molecule has 1 amide bonds. The van der Waals surface area contributed by atoms with Gasteiger partial charge in [0.25, 0.3) is 5.56 Å². The molecule has 0 atom stereocenters. The van der Waals surface area contributed by atoms with Crippen molar-refractivity contribution in [3.63, 3.8) is 0 Å². The van der Waals surface area contributed by atoms with Gasteiger partial charge in [0.2, 0.25) is 5.91 Å². The number of hydrogen-bond acceptors (Lipinski definition) is 2. The standard InChI is InChI=1S/C20H28N2O2/c1-5-6-11-22(4)19(23)10-8-16-13-17-12-15(14(2)3)7-9-18(17)21-20(16)24/h7,9,12-14H,5-6,8,10-11H2,1-4H3,(H,21,24). The summed E-state index contributed by atoms with van der Waals surface area (Å²) >= 11 is 0. The summed E-state index contributed by atoms with van der Waals surface area (Å²) in [7, 11) is 1.83. The third kappa shape index (κ3) is 4.47. The van der Waals surface area contributed by atoms with Crippen LogP contribution in [0.2, 0.25) is 0 Å². The van der Waals surface area contributed by atoms with Gasteiger partial charge in [0.15, 0.2) is 0 Å². The maximum absolute atomic E-state index is 12.2.